The third-order valence-electron chi connectivity index (χ3n) is 1.38. The van der Waals surface area contributed by atoms with E-state index < -0.39 is 0 Å². The predicted octanol–water partition coefficient (Wildman–Crippen LogP) is 2.80. The maximum Gasteiger partial charge on any atom is 0.171 e. The van der Waals surface area contributed by atoms with Crippen molar-refractivity contribution >= 4 is 50.7 Å². The van der Waals surface area contributed by atoms with E-state index in [1.807, 2.05) is 6.92 Å². The second-order valence-electron chi connectivity index (χ2n) is 2.47. The highest BCUT2D eigenvalue weighted by Crippen LogP contribution is 2.22. The molecule has 3 nitrogen and oxygen atoms in total. The molecule has 76 valence electrons. The Morgan fingerprint density at radius 1 is 1.71 bits per heavy atom. The highest BCUT2D eigenvalue weighted by atomic mass is 79.9. The van der Waals surface area contributed by atoms with E-state index in [2.05, 4.69) is 31.5 Å². The number of nitrogens with one attached hydrogen (secondary N) is 2. The molecule has 0 aliphatic carbocycles. The Hall–Kier alpha value is -0.390. The molecular weight excluding hydrogens is 286 g/mol. The molecule has 1 rings (SSSR count). The molecule has 0 aromatic carbocycles. The summed E-state index contributed by atoms with van der Waals surface area (Å²) in [6.07, 6.45) is 1.66. The normalized spacial score (nSPS) is 9.64. The molecule has 0 aliphatic rings. The molecular formula is C8H9BrClN3S. The van der Waals surface area contributed by atoms with Crippen LogP contribution < -0.4 is 10.6 Å². The summed E-state index contributed by atoms with van der Waals surface area (Å²) in [5.41, 5.74) is 0. The van der Waals surface area contributed by atoms with Crippen LogP contribution >= 0.6 is 39.7 Å². The van der Waals surface area contributed by atoms with Gasteiger partial charge in [0, 0.05) is 17.2 Å². The maximum absolute atomic E-state index is 5.93. The molecule has 6 heteroatoms. The van der Waals surface area contributed by atoms with Crippen LogP contribution in [-0.4, -0.2) is 16.6 Å². The molecule has 2 N–H and O–H groups in total. The Balaban J connectivity index is 2.72. The van der Waals surface area contributed by atoms with Gasteiger partial charge in [0.25, 0.3) is 0 Å². The van der Waals surface area contributed by atoms with Crippen LogP contribution in [0.2, 0.25) is 5.02 Å². The number of rotatable bonds is 2. The monoisotopic (exact) mass is 293 g/mol. The van der Waals surface area contributed by atoms with Crippen molar-refractivity contribution in [1.29, 1.82) is 0 Å². The molecule has 0 aliphatic heterocycles. The van der Waals surface area contributed by atoms with Crippen LogP contribution in [0.5, 0.6) is 0 Å². The van der Waals surface area contributed by atoms with Gasteiger partial charge in [0.05, 0.1) is 5.02 Å². The van der Waals surface area contributed by atoms with Gasteiger partial charge in [0.2, 0.25) is 0 Å². The summed E-state index contributed by atoms with van der Waals surface area (Å²) in [5, 5.41) is 6.89. The summed E-state index contributed by atoms with van der Waals surface area (Å²) in [6, 6.07) is 1.76. The van der Waals surface area contributed by atoms with Gasteiger partial charge in [-0.2, -0.15) is 0 Å². The van der Waals surface area contributed by atoms with E-state index in [1.54, 1.807) is 12.3 Å². The average molecular weight is 295 g/mol. The number of hydrogen-bond donors (Lipinski definition) is 2. The molecule has 1 aromatic heterocycles. The van der Waals surface area contributed by atoms with Crippen molar-refractivity contribution in [3.63, 3.8) is 0 Å². The van der Waals surface area contributed by atoms with Gasteiger partial charge in [-0.1, -0.05) is 11.6 Å². The van der Waals surface area contributed by atoms with Crippen LogP contribution in [0.4, 0.5) is 5.82 Å². The smallest absolute Gasteiger partial charge is 0.171 e. The average Bonchev–Trinajstić information content (AvgIpc) is 2.10. The molecule has 0 saturated heterocycles. The molecule has 0 amide bonds. The molecule has 0 fully saturated rings. The lowest BCUT2D eigenvalue weighted by Crippen LogP contribution is -2.28. The van der Waals surface area contributed by atoms with Crippen LogP contribution in [0.3, 0.4) is 0 Å². The van der Waals surface area contributed by atoms with Crippen molar-refractivity contribution in [2.45, 2.75) is 6.92 Å². The number of pyridine rings is 1. The molecule has 1 heterocycles. The first-order chi connectivity index (χ1) is 6.63. The molecule has 0 unspecified atom stereocenters. The van der Waals surface area contributed by atoms with Gasteiger partial charge < -0.3 is 10.6 Å². The van der Waals surface area contributed by atoms with Gasteiger partial charge in [-0.3, -0.25) is 0 Å². The van der Waals surface area contributed by atoms with Crippen molar-refractivity contribution in [3.05, 3.63) is 21.8 Å². The second-order valence-corrected chi connectivity index (χ2v) is 4.20. The van der Waals surface area contributed by atoms with E-state index in [0.717, 1.165) is 11.0 Å². The predicted molar refractivity (Wildman–Crippen MR) is 66.8 cm³/mol. The van der Waals surface area contributed by atoms with E-state index >= 15 is 0 Å². The van der Waals surface area contributed by atoms with E-state index in [0.29, 0.717) is 16.0 Å². The fourth-order valence-electron chi connectivity index (χ4n) is 0.819. The van der Waals surface area contributed by atoms with Gasteiger partial charge in [-0.25, -0.2) is 4.98 Å². The van der Waals surface area contributed by atoms with Crippen molar-refractivity contribution in [1.82, 2.24) is 10.3 Å². The molecule has 0 bridgehead atoms. The minimum absolute atomic E-state index is 0.518. The van der Waals surface area contributed by atoms with Gasteiger partial charge >= 0.3 is 0 Å². The number of aromatic nitrogens is 1. The zero-order chi connectivity index (χ0) is 10.6. The number of thiocarbonyl (C=S) groups is 1. The molecule has 0 atom stereocenters. The van der Waals surface area contributed by atoms with Crippen molar-refractivity contribution in [3.8, 4) is 0 Å². The standard InChI is InChI=1S/C8H9BrClN3S/c1-2-11-8(14)13-7-6(10)3-5(9)4-12-7/h3-4H,2H2,1H3,(H2,11,12,13,14). The Morgan fingerprint density at radius 2 is 2.43 bits per heavy atom. The summed E-state index contributed by atoms with van der Waals surface area (Å²) in [4.78, 5) is 4.08. The van der Waals surface area contributed by atoms with Crippen LogP contribution in [0.1, 0.15) is 6.92 Å². The van der Waals surface area contributed by atoms with Crippen LogP contribution in [0.15, 0.2) is 16.7 Å². The molecule has 1 aromatic rings. The van der Waals surface area contributed by atoms with Gasteiger partial charge in [0.1, 0.15) is 0 Å². The minimum Gasteiger partial charge on any atom is -0.363 e. The van der Waals surface area contributed by atoms with Crippen LogP contribution in [0.25, 0.3) is 0 Å². The Morgan fingerprint density at radius 3 is 3.00 bits per heavy atom. The fourth-order valence-corrected chi connectivity index (χ4v) is 1.74. The van der Waals surface area contributed by atoms with E-state index in [-0.39, 0.29) is 0 Å². The highest BCUT2D eigenvalue weighted by molar-refractivity contribution is 9.10. The van der Waals surface area contributed by atoms with Crippen LogP contribution in [0, 0.1) is 0 Å². The maximum atomic E-state index is 5.93. The number of anilines is 1. The second kappa shape index (κ2) is 5.48. The topological polar surface area (TPSA) is 37.0 Å². The largest absolute Gasteiger partial charge is 0.363 e. The number of halogens is 2. The van der Waals surface area contributed by atoms with Crippen molar-refractivity contribution in [2.24, 2.45) is 0 Å². The van der Waals surface area contributed by atoms with E-state index in [1.165, 1.54) is 0 Å². The Kier molecular flexibility index (Phi) is 4.57. The highest BCUT2D eigenvalue weighted by Gasteiger charge is 2.03. The first-order valence-electron chi connectivity index (χ1n) is 3.99. The molecule has 0 radical (unpaired) electrons. The quantitative estimate of drug-likeness (QED) is 0.823. The zero-order valence-electron chi connectivity index (χ0n) is 7.47. The zero-order valence-corrected chi connectivity index (χ0v) is 10.6. The minimum atomic E-state index is 0.518. The van der Waals surface area contributed by atoms with Crippen molar-refractivity contribution < 1.29 is 0 Å². The summed E-state index contributed by atoms with van der Waals surface area (Å²) in [7, 11) is 0. The molecule has 0 saturated carbocycles. The van der Waals surface area contributed by atoms with Gasteiger partial charge in [0.15, 0.2) is 10.9 Å². The van der Waals surface area contributed by atoms with E-state index in [9.17, 15) is 0 Å². The van der Waals surface area contributed by atoms with Crippen molar-refractivity contribution in [2.75, 3.05) is 11.9 Å². The number of hydrogen-bond acceptors (Lipinski definition) is 2. The fraction of sp³-hybridized carbons (Fsp3) is 0.250. The van der Waals surface area contributed by atoms with E-state index in [4.69, 9.17) is 23.8 Å². The first-order valence-corrected chi connectivity index (χ1v) is 5.57. The summed E-state index contributed by atoms with van der Waals surface area (Å²) < 4.78 is 0.836. The van der Waals surface area contributed by atoms with Crippen LogP contribution in [-0.2, 0) is 0 Å². The molecule has 0 spiro atoms. The Bertz CT molecular complexity index is 345. The summed E-state index contributed by atoms with van der Waals surface area (Å²) in [6.45, 7) is 2.73. The lowest BCUT2D eigenvalue weighted by atomic mass is 10.4. The third kappa shape index (κ3) is 3.40. The van der Waals surface area contributed by atoms with Gasteiger partial charge in [-0.05, 0) is 41.1 Å². The lowest BCUT2D eigenvalue weighted by molar-refractivity contribution is 0.978. The lowest BCUT2D eigenvalue weighted by Gasteiger charge is -2.08. The Labute approximate surface area is 101 Å². The third-order valence-corrected chi connectivity index (χ3v) is 2.35. The molecule has 14 heavy (non-hydrogen) atoms. The summed E-state index contributed by atoms with van der Waals surface area (Å²) >= 11 is 14.2. The SMILES string of the molecule is CCNC(=S)Nc1ncc(Br)cc1Cl. The number of nitrogens with zero attached hydrogens (tertiary/aromatic N) is 1. The summed E-state index contributed by atoms with van der Waals surface area (Å²) in [5.74, 6) is 0.556. The first kappa shape index (κ1) is 11.7. The van der Waals surface area contributed by atoms with Gasteiger partial charge in [-0.15, -0.1) is 0 Å².